The van der Waals surface area contributed by atoms with Crippen LogP contribution >= 0.6 is 0 Å². The van der Waals surface area contributed by atoms with Crippen molar-refractivity contribution < 1.29 is 4.39 Å². The summed E-state index contributed by atoms with van der Waals surface area (Å²) >= 11 is 0. The lowest BCUT2D eigenvalue weighted by Crippen LogP contribution is -1.59. The Morgan fingerprint density at radius 2 is 2.43 bits per heavy atom. The Morgan fingerprint density at radius 1 is 1.86 bits per heavy atom. The van der Waals surface area contributed by atoms with Crippen LogP contribution in [0.4, 0.5) is 4.39 Å². The Morgan fingerprint density at radius 3 is 2.57 bits per heavy atom. The third-order valence-electron chi connectivity index (χ3n) is 0.408. The summed E-state index contributed by atoms with van der Waals surface area (Å²) in [6.45, 7) is 3.18. The standard InChI is InChI=1S/C5H4FN/c1-5(4-7)2-3-6/h2-3H,1H2/b3-2+. The first-order valence-electron chi connectivity index (χ1n) is 1.67. The van der Waals surface area contributed by atoms with Gasteiger partial charge in [-0.05, 0) is 6.08 Å². The van der Waals surface area contributed by atoms with Gasteiger partial charge in [-0.3, -0.25) is 0 Å². The van der Waals surface area contributed by atoms with Crippen LogP contribution in [0.5, 0.6) is 0 Å². The third-order valence-corrected chi connectivity index (χ3v) is 0.408. The van der Waals surface area contributed by atoms with Crippen molar-refractivity contribution in [2.75, 3.05) is 0 Å². The van der Waals surface area contributed by atoms with E-state index in [4.69, 9.17) is 5.26 Å². The largest absolute Gasteiger partial charge is 0.215 e. The van der Waals surface area contributed by atoms with Crippen LogP contribution in [0.25, 0.3) is 0 Å². The van der Waals surface area contributed by atoms with Crippen molar-refractivity contribution in [1.82, 2.24) is 0 Å². The molecule has 0 bridgehead atoms. The fraction of sp³-hybridized carbons (Fsp3) is 0. The zero-order valence-electron chi connectivity index (χ0n) is 3.69. The predicted octanol–water partition coefficient (Wildman–Crippen LogP) is 1.55. The van der Waals surface area contributed by atoms with E-state index in [0.29, 0.717) is 0 Å². The number of nitrogens with zero attached hydrogens (tertiary/aromatic N) is 1. The highest BCUT2D eigenvalue weighted by Gasteiger charge is 1.75. The highest BCUT2D eigenvalue weighted by molar-refractivity contribution is 5.27. The van der Waals surface area contributed by atoms with Gasteiger partial charge in [0.25, 0.3) is 0 Å². The molecule has 2 heteroatoms. The summed E-state index contributed by atoms with van der Waals surface area (Å²) in [5, 5.41) is 7.90. The number of halogens is 1. The summed E-state index contributed by atoms with van der Waals surface area (Å²) in [7, 11) is 0. The van der Waals surface area contributed by atoms with Gasteiger partial charge in [0.05, 0.1) is 12.4 Å². The molecule has 0 saturated carbocycles. The Hall–Kier alpha value is -1.10. The summed E-state index contributed by atoms with van der Waals surface area (Å²) in [6, 6.07) is 1.64. The van der Waals surface area contributed by atoms with E-state index in [0.717, 1.165) is 6.08 Å². The molecule has 36 valence electrons. The van der Waals surface area contributed by atoms with Gasteiger partial charge in [-0.15, -0.1) is 0 Å². The van der Waals surface area contributed by atoms with Gasteiger partial charge in [0, 0.05) is 5.57 Å². The monoisotopic (exact) mass is 97.0 g/mol. The SMILES string of the molecule is C=C(C#N)/C=C/F. The molecule has 0 amide bonds. The molecule has 0 saturated heterocycles. The maximum Gasteiger partial charge on any atom is 0.0986 e. The molecule has 0 spiro atoms. The van der Waals surface area contributed by atoms with Gasteiger partial charge >= 0.3 is 0 Å². The van der Waals surface area contributed by atoms with Gasteiger partial charge in [0.1, 0.15) is 0 Å². The molecule has 0 N–H and O–H groups in total. The van der Waals surface area contributed by atoms with Gasteiger partial charge in [-0.1, -0.05) is 6.58 Å². The van der Waals surface area contributed by atoms with Crippen LogP contribution in [-0.4, -0.2) is 0 Å². The molecule has 0 atom stereocenters. The number of hydrogen-bond acceptors (Lipinski definition) is 1. The molecular formula is C5H4FN. The molecule has 0 aromatic rings. The molecule has 0 radical (unpaired) electrons. The fourth-order valence-electron chi connectivity index (χ4n) is 0.113. The van der Waals surface area contributed by atoms with E-state index in [1.165, 1.54) is 0 Å². The molecule has 1 nitrogen and oxygen atoms in total. The van der Waals surface area contributed by atoms with Crippen molar-refractivity contribution >= 4 is 0 Å². The molecule has 0 aliphatic rings. The minimum Gasteiger partial charge on any atom is -0.215 e. The Balaban J connectivity index is 3.66. The number of nitriles is 1. The lowest BCUT2D eigenvalue weighted by Gasteiger charge is -1.70. The molecule has 0 aliphatic heterocycles. The summed E-state index contributed by atoms with van der Waals surface area (Å²) in [4.78, 5) is 0. The summed E-state index contributed by atoms with van der Waals surface area (Å²) in [6.07, 6.45) is 1.28. The van der Waals surface area contributed by atoms with E-state index in [-0.39, 0.29) is 11.9 Å². The van der Waals surface area contributed by atoms with Crippen molar-refractivity contribution in [3.8, 4) is 6.07 Å². The van der Waals surface area contributed by atoms with Crippen molar-refractivity contribution in [2.45, 2.75) is 0 Å². The quantitative estimate of drug-likeness (QED) is 0.359. The van der Waals surface area contributed by atoms with Crippen LogP contribution in [0.1, 0.15) is 0 Å². The molecule has 0 aromatic carbocycles. The molecular weight excluding hydrogens is 93.1 g/mol. The van der Waals surface area contributed by atoms with E-state index >= 15 is 0 Å². The summed E-state index contributed by atoms with van der Waals surface area (Å²) < 4.78 is 11.0. The molecule has 0 aliphatic carbocycles. The lowest BCUT2D eigenvalue weighted by molar-refractivity contribution is 0.721. The van der Waals surface area contributed by atoms with E-state index in [1.54, 1.807) is 6.07 Å². The van der Waals surface area contributed by atoms with Gasteiger partial charge in [-0.25, -0.2) is 4.39 Å². The number of allylic oxidation sites excluding steroid dienone is 2. The van der Waals surface area contributed by atoms with Gasteiger partial charge < -0.3 is 0 Å². The second kappa shape index (κ2) is 3.10. The minimum atomic E-state index is 0.127. The lowest BCUT2D eigenvalue weighted by atomic mass is 10.3. The maximum atomic E-state index is 11.0. The van der Waals surface area contributed by atoms with Crippen LogP contribution in [0.15, 0.2) is 24.6 Å². The van der Waals surface area contributed by atoms with Crippen LogP contribution in [0.3, 0.4) is 0 Å². The molecule has 7 heavy (non-hydrogen) atoms. The molecule has 0 rings (SSSR count). The Kier molecular flexibility index (Phi) is 2.62. The Labute approximate surface area is 41.4 Å². The third kappa shape index (κ3) is 2.71. The second-order valence-electron chi connectivity index (χ2n) is 0.930. The predicted molar refractivity (Wildman–Crippen MR) is 25.0 cm³/mol. The van der Waals surface area contributed by atoms with Crippen molar-refractivity contribution in [1.29, 1.82) is 5.26 Å². The highest BCUT2D eigenvalue weighted by Crippen LogP contribution is 1.87. The normalized spacial score (nSPS) is 8.57. The van der Waals surface area contributed by atoms with E-state index in [9.17, 15) is 4.39 Å². The van der Waals surface area contributed by atoms with Crippen molar-refractivity contribution in [2.24, 2.45) is 0 Å². The number of hydrogen-bond donors (Lipinski definition) is 0. The van der Waals surface area contributed by atoms with Crippen LogP contribution in [0, 0.1) is 11.3 Å². The number of rotatable bonds is 1. The Bertz CT molecular complexity index is 130. The average molecular weight is 97.1 g/mol. The topological polar surface area (TPSA) is 23.8 Å². The zero-order chi connectivity index (χ0) is 5.70. The molecule has 0 heterocycles. The van der Waals surface area contributed by atoms with E-state index in [1.807, 2.05) is 0 Å². The minimum absolute atomic E-state index is 0.127. The van der Waals surface area contributed by atoms with Gasteiger partial charge in [0.15, 0.2) is 0 Å². The van der Waals surface area contributed by atoms with Gasteiger partial charge in [-0.2, -0.15) is 5.26 Å². The summed E-state index contributed by atoms with van der Waals surface area (Å²) in [5.41, 5.74) is 0.127. The van der Waals surface area contributed by atoms with Crippen molar-refractivity contribution in [3.63, 3.8) is 0 Å². The first-order chi connectivity index (χ1) is 3.31. The van der Waals surface area contributed by atoms with E-state index in [2.05, 4.69) is 6.58 Å². The average Bonchev–Trinajstić information content (AvgIpc) is 1.68. The molecule has 0 fully saturated rings. The maximum absolute atomic E-state index is 11.0. The van der Waals surface area contributed by atoms with E-state index < -0.39 is 0 Å². The molecule has 0 aromatic heterocycles. The highest BCUT2D eigenvalue weighted by atomic mass is 19.1. The van der Waals surface area contributed by atoms with Gasteiger partial charge in [0.2, 0.25) is 0 Å². The fourth-order valence-corrected chi connectivity index (χ4v) is 0.113. The van der Waals surface area contributed by atoms with Crippen LogP contribution in [-0.2, 0) is 0 Å². The molecule has 0 unspecified atom stereocenters. The zero-order valence-corrected chi connectivity index (χ0v) is 3.69. The summed E-state index contributed by atoms with van der Waals surface area (Å²) in [5.74, 6) is 0. The van der Waals surface area contributed by atoms with Crippen LogP contribution in [0.2, 0.25) is 0 Å². The van der Waals surface area contributed by atoms with Crippen LogP contribution < -0.4 is 0 Å². The first-order valence-corrected chi connectivity index (χ1v) is 1.67. The first kappa shape index (κ1) is 5.90. The van der Waals surface area contributed by atoms with Crippen molar-refractivity contribution in [3.05, 3.63) is 24.6 Å². The smallest absolute Gasteiger partial charge is 0.0986 e. The second-order valence-corrected chi connectivity index (χ2v) is 0.930.